The van der Waals surface area contributed by atoms with Crippen LogP contribution in [-0.4, -0.2) is 15.8 Å². The molecule has 0 saturated carbocycles. The van der Waals surface area contributed by atoms with E-state index in [0.717, 1.165) is 38.9 Å². The number of hydrogen-bond donors (Lipinski definition) is 1. The molecule has 1 aliphatic rings. The first-order valence-electron chi connectivity index (χ1n) is 8.75. The second kappa shape index (κ2) is 5.95. The quantitative estimate of drug-likeness (QED) is 0.492. The number of benzene rings is 3. The lowest BCUT2D eigenvalue weighted by Gasteiger charge is -2.02. The second-order valence-corrected chi connectivity index (χ2v) is 6.51. The van der Waals surface area contributed by atoms with Gasteiger partial charge in [-0.05, 0) is 35.9 Å². The Morgan fingerprint density at radius 2 is 1.63 bits per heavy atom. The average molecular weight is 352 g/mol. The fraction of sp³-hybridized carbons (Fsp3) is 0.0435. The van der Waals surface area contributed by atoms with Gasteiger partial charge >= 0.3 is 5.95 Å². The predicted molar refractivity (Wildman–Crippen MR) is 108 cm³/mol. The number of aromatic hydroxyl groups is 1. The van der Waals surface area contributed by atoms with Gasteiger partial charge in [0.25, 0.3) is 0 Å². The van der Waals surface area contributed by atoms with E-state index in [1.165, 1.54) is 0 Å². The summed E-state index contributed by atoms with van der Waals surface area (Å²) in [7, 11) is 0. The zero-order valence-corrected chi connectivity index (χ0v) is 14.7. The van der Waals surface area contributed by atoms with Gasteiger partial charge in [-0.25, -0.2) is 4.98 Å². The minimum absolute atomic E-state index is 0.192. The molecule has 0 bridgehead atoms. The van der Waals surface area contributed by atoms with Gasteiger partial charge in [-0.2, -0.15) is 0 Å². The van der Waals surface area contributed by atoms with Crippen LogP contribution in [0.15, 0.2) is 76.1 Å². The summed E-state index contributed by atoms with van der Waals surface area (Å²) in [5.41, 5.74) is 5.05. The standard InChI is InChI=1S/C23H16N2O2/c1-14-19(17-10-4-5-12-20(17)24-14)13-21-23(26)27-22(25-21)18-11-6-8-15-7-2-3-9-16(15)18/h2-13,26H,1H3/b19-13+. The topological polar surface area (TPSA) is 58.6 Å². The molecule has 130 valence electrons. The van der Waals surface area contributed by atoms with Crippen molar-refractivity contribution in [3.63, 3.8) is 0 Å². The number of hydrogen-bond acceptors (Lipinski definition) is 4. The molecule has 0 atom stereocenters. The molecule has 4 nitrogen and oxygen atoms in total. The van der Waals surface area contributed by atoms with Gasteiger partial charge in [0.15, 0.2) is 0 Å². The number of nitrogens with zero attached hydrogens (tertiary/aromatic N) is 2. The van der Waals surface area contributed by atoms with Gasteiger partial charge in [-0.1, -0.05) is 54.6 Å². The highest BCUT2D eigenvalue weighted by Crippen LogP contribution is 2.38. The molecule has 2 heterocycles. The SMILES string of the molecule is CC1=Nc2ccccc2/C1=C/c1nc(-c2cccc3ccccc23)oc1O. The molecule has 0 spiro atoms. The summed E-state index contributed by atoms with van der Waals surface area (Å²) in [5.74, 6) is 0.208. The Kier molecular flexibility index (Phi) is 3.44. The first-order valence-corrected chi connectivity index (χ1v) is 8.75. The van der Waals surface area contributed by atoms with Crippen molar-refractivity contribution in [3.8, 4) is 17.4 Å². The highest BCUT2D eigenvalue weighted by atomic mass is 16.5. The van der Waals surface area contributed by atoms with Crippen LogP contribution < -0.4 is 0 Å². The first-order chi connectivity index (χ1) is 13.2. The summed E-state index contributed by atoms with van der Waals surface area (Å²) in [6.07, 6.45) is 1.83. The van der Waals surface area contributed by atoms with Crippen LogP contribution >= 0.6 is 0 Å². The van der Waals surface area contributed by atoms with Crippen LogP contribution in [0.3, 0.4) is 0 Å². The number of allylic oxidation sites excluding steroid dienone is 1. The van der Waals surface area contributed by atoms with Crippen LogP contribution in [0, 0.1) is 0 Å². The van der Waals surface area contributed by atoms with Gasteiger partial charge < -0.3 is 9.52 Å². The maximum absolute atomic E-state index is 10.3. The van der Waals surface area contributed by atoms with E-state index in [4.69, 9.17) is 4.42 Å². The molecule has 0 fully saturated rings. The van der Waals surface area contributed by atoms with E-state index in [-0.39, 0.29) is 5.95 Å². The predicted octanol–water partition coefficient (Wildman–Crippen LogP) is 5.85. The average Bonchev–Trinajstić information content (AvgIpc) is 3.21. The lowest BCUT2D eigenvalue weighted by atomic mass is 10.0. The van der Waals surface area contributed by atoms with Crippen LogP contribution in [0.2, 0.25) is 0 Å². The third kappa shape index (κ3) is 2.54. The monoisotopic (exact) mass is 352 g/mol. The number of rotatable bonds is 2. The molecule has 0 radical (unpaired) electrons. The van der Waals surface area contributed by atoms with Gasteiger partial charge in [-0.3, -0.25) is 4.99 Å². The Hall–Kier alpha value is -3.66. The third-order valence-electron chi connectivity index (χ3n) is 4.81. The zero-order valence-electron chi connectivity index (χ0n) is 14.7. The number of oxazole rings is 1. The van der Waals surface area contributed by atoms with Crippen LogP contribution in [0.25, 0.3) is 33.9 Å². The molecule has 1 N–H and O–H groups in total. The maximum Gasteiger partial charge on any atom is 0.310 e. The molecular weight excluding hydrogens is 336 g/mol. The van der Waals surface area contributed by atoms with Crippen molar-refractivity contribution >= 4 is 33.8 Å². The van der Waals surface area contributed by atoms with E-state index >= 15 is 0 Å². The van der Waals surface area contributed by atoms with Crippen LogP contribution in [0.1, 0.15) is 18.2 Å². The molecule has 4 heteroatoms. The molecule has 0 unspecified atom stereocenters. The molecule has 4 aromatic rings. The van der Waals surface area contributed by atoms with E-state index in [9.17, 15) is 5.11 Å². The smallest absolute Gasteiger partial charge is 0.310 e. The van der Waals surface area contributed by atoms with Gasteiger partial charge in [0, 0.05) is 22.4 Å². The summed E-state index contributed by atoms with van der Waals surface area (Å²) < 4.78 is 5.60. The highest BCUT2D eigenvalue weighted by Gasteiger charge is 2.20. The number of fused-ring (bicyclic) bond motifs is 2. The fourth-order valence-corrected chi connectivity index (χ4v) is 3.50. The molecule has 1 aromatic heterocycles. The summed E-state index contributed by atoms with van der Waals surface area (Å²) >= 11 is 0. The van der Waals surface area contributed by atoms with Crippen LogP contribution in [0.5, 0.6) is 5.95 Å². The molecule has 0 amide bonds. The lowest BCUT2D eigenvalue weighted by Crippen LogP contribution is -1.90. The van der Waals surface area contributed by atoms with Crippen molar-refractivity contribution in [1.82, 2.24) is 4.98 Å². The normalized spacial score (nSPS) is 14.6. The van der Waals surface area contributed by atoms with Crippen molar-refractivity contribution in [2.75, 3.05) is 0 Å². The Morgan fingerprint density at radius 3 is 2.56 bits per heavy atom. The Balaban J connectivity index is 1.63. The minimum atomic E-state index is -0.192. The number of para-hydroxylation sites is 1. The summed E-state index contributed by atoms with van der Waals surface area (Å²) in [6.45, 7) is 1.95. The van der Waals surface area contributed by atoms with Gasteiger partial charge in [-0.15, -0.1) is 0 Å². The van der Waals surface area contributed by atoms with Crippen molar-refractivity contribution in [2.24, 2.45) is 4.99 Å². The van der Waals surface area contributed by atoms with E-state index in [1.807, 2.05) is 79.7 Å². The Bertz CT molecular complexity index is 1240. The van der Waals surface area contributed by atoms with Crippen LogP contribution in [-0.2, 0) is 0 Å². The molecule has 0 saturated heterocycles. The summed E-state index contributed by atoms with van der Waals surface area (Å²) in [4.78, 5) is 9.13. The largest absolute Gasteiger partial charge is 0.479 e. The maximum atomic E-state index is 10.3. The minimum Gasteiger partial charge on any atom is -0.479 e. The lowest BCUT2D eigenvalue weighted by molar-refractivity contribution is 0.336. The second-order valence-electron chi connectivity index (χ2n) is 6.51. The zero-order chi connectivity index (χ0) is 18.4. The highest BCUT2D eigenvalue weighted by molar-refractivity contribution is 6.31. The molecule has 3 aromatic carbocycles. The molecule has 27 heavy (non-hydrogen) atoms. The fourth-order valence-electron chi connectivity index (χ4n) is 3.50. The molecular formula is C23H16N2O2. The summed E-state index contributed by atoms with van der Waals surface area (Å²) in [6, 6.07) is 21.9. The van der Waals surface area contributed by atoms with Crippen molar-refractivity contribution < 1.29 is 9.52 Å². The van der Waals surface area contributed by atoms with E-state index in [1.54, 1.807) is 0 Å². The molecule has 5 rings (SSSR count). The Morgan fingerprint density at radius 1 is 0.889 bits per heavy atom. The molecule has 0 aliphatic carbocycles. The number of aliphatic imine (C=N–C) groups is 1. The van der Waals surface area contributed by atoms with E-state index in [0.29, 0.717) is 11.6 Å². The Labute approximate surface area is 156 Å². The van der Waals surface area contributed by atoms with E-state index < -0.39 is 0 Å². The number of aromatic nitrogens is 1. The van der Waals surface area contributed by atoms with Gasteiger partial charge in [0.1, 0.15) is 5.69 Å². The van der Waals surface area contributed by atoms with Crippen molar-refractivity contribution in [3.05, 3.63) is 78.0 Å². The van der Waals surface area contributed by atoms with Gasteiger partial charge in [0.2, 0.25) is 5.89 Å². The third-order valence-corrected chi connectivity index (χ3v) is 4.81. The van der Waals surface area contributed by atoms with E-state index in [2.05, 4.69) is 9.98 Å². The summed E-state index contributed by atoms with van der Waals surface area (Å²) in [5, 5.41) is 12.5. The van der Waals surface area contributed by atoms with Crippen LogP contribution in [0.4, 0.5) is 5.69 Å². The van der Waals surface area contributed by atoms with Crippen molar-refractivity contribution in [1.29, 1.82) is 0 Å². The van der Waals surface area contributed by atoms with Gasteiger partial charge in [0.05, 0.1) is 5.69 Å². The first kappa shape index (κ1) is 15.6. The molecule has 1 aliphatic heterocycles. The van der Waals surface area contributed by atoms with Crippen molar-refractivity contribution in [2.45, 2.75) is 6.92 Å².